The van der Waals surface area contributed by atoms with Crippen LogP contribution in [0.4, 0.5) is 5.69 Å². The van der Waals surface area contributed by atoms with Gasteiger partial charge in [-0.2, -0.15) is 0 Å². The summed E-state index contributed by atoms with van der Waals surface area (Å²) in [6, 6.07) is 3.63. The molecular formula is C9H10Br2N2O. The van der Waals surface area contributed by atoms with Crippen LogP contribution in [0.2, 0.25) is 0 Å². The number of rotatable bonds is 3. The maximum absolute atomic E-state index is 11.3. The Balaban J connectivity index is 2.72. The molecule has 76 valence electrons. The quantitative estimate of drug-likeness (QED) is 0.687. The molecule has 0 bridgehead atoms. The summed E-state index contributed by atoms with van der Waals surface area (Å²) in [6.07, 6.45) is 0.468. The zero-order valence-electron chi connectivity index (χ0n) is 7.68. The molecule has 1 amide bonds. The van der Waals surface area contributed by atoms with E-state index in [1.165, 1.54) is 0 Å². The number of pyridine rings is 1. The summed E-state index contributed by atoms with van der Waals surface area (Å²) in [6.45, 7) is 1.86. The predicted molar refractivity (Wildman–Crippen MR) is 63.7 cm³/mol. The van der Waals surface area contributed by atoms with Crippen molar-refractivity contribution in [3.8, 4) is 0 Å². The number of hydrogen-bond donors (Lipinski definition) is 1. The molecule has 0 radical (unpaired) electrons. The molecule has 0 atom stereocenters. The Labute approximate surface area is 99.6 Å². The van der Waals surface area contributed by atoms with Gasteiger partial charge in [-0.3, -0.25) is 4.79 Å². The van der Waals surface area contributed by atoms with Crippen LogP contribution in [-0.2, 0) is 4.79 Å². The van der Waals surface area contributed by atoms with Crippen molar-refractivity contribution in [2.75, 3.05) is 10.6 Å². The molecule has 0 aliphatic rings. The van der Waals surface area contributed by atoms with E-state index in [4.69, 9.17) is 0 Å². The van der Waals surface area contributed by atoms with E-state index in [0.29, 0.717) is 11.8 Å². The second kappa shape index (κ2) is 5.46. The van der Waals surface area contributed by atoms with Crippen molar-refractivity contribution in [2.24, 2.45) is 0 Å². The molecule has 1 rings (SSSR count). The largest absolute Gasteiger partial charge is 0.324 e. The molecule has 1 N–H and O–H groups in total. The van der Waals surface area contributed by atoms with Gasteiger partial charge in [0.15, 0.2) is 0 Å². The van der Waals surface area contributed by atoms with Crippen LogP contribution in [-0.4, -0.2) is 16.2 Å². The highest BCUT2D eigenvalue weighted by atomic mass is 79.9. The number of amides is 1. The summed E-state index contributed by atoms with van der Waals surface area (Å²) in [7, 11) is 0. The second-order valence-corrected chi connectivity index (χ2v) is 4.36. The van der Waals surface area contributed by atoms with Crippen LogP contribution in [0.15, 0.2) is 16.7 Å². The van der Waals surface area contributed by atoms with Gasteiger partial charge in [0.25, 0.3) is 0 Å². The van der Waals surface area contributed by atoms with E-state index >= 15 is 0 Å². The number of halogens is 2. The molecule has 14 heavy (non-hydrogen) atoms. The molecule has 0 unspecified atom stereocenters. The fourth-order valence-corrected chi connectivity index (χ4v) is 1.72. The molecule has 0 aromatic carbocycles. The van der Waals surface area contributed by atoms with E-state index in [1.807, 2.05) is 13.0 Å². The molecule has 5 heteroatoms. The van der Waals surface area contributed by atoms with E-state index in [9.17, 15) is 4.79 Å². The Bertz CT molecular complexity index is 342. The molecule has 1 heterocycles. The molecule has 0 spiro atoms. The Morgan fingerprint density at radius 2 is 2.29 bits per heavy atom. The predicted octanol–water partition coefficient (Wildman–Crippen LogP) is 2.88. The highest BCUT2D eigenvalue weighted by Crippen LogP contribution is 2.16. The maximum atomic E-state index is 11.3. The van der Waals surface area contributed by atoms with Gasteiger partial charge < -0.3 is 5.32 Å². The summed E-state index contributed by atoms with van der Waals surface area (Å²) < 4.78 is 0.772. The number of aryl methyl sites for hydroxylation is 1. The summed E-state index contributed by atoms with van der Waals surface area (Å²) in [5.41, 5.74) is 1.57. The van der Waals surface area contributed by atoms with E-state index in [1.54, 1.807) is 6.07 Å². The lowest BCUT2D eigenvalue weighted by Gasteiger charge is -2.06. The lowest BCUT2D eigenvalue weighted by molar-refractivity contribution is -0.115. The summed E-state index contributed by atoms with van der Waals surface area (Å²) in [4.78, 5) is 15.4. The lowest BCUT2D eigenvalue weighted by Crippen LogP contribution is -2.12. The number of anilines is 1. The Kier molecular flexibility index (Phi) is 4.54. The van der Waals surface area contributed by atoms with Crippen LogP contribution in [0, 0.1) is 6.92 Å². The number of nitrogens with zero attached hydrogens (tertiary/aromatic N) is 1. The van der Waals surface area contributed by atoms with Crippen molar-refractivity contribution in [1.82, 2.24) is 4.98 Å². The third-order valence-electron chi connectivity index (χ3n) is 1.65. The summed E-state index contributed by atoms with van der Waals surface area (Å²) in [5, 5.41) is 3.45. The highest BCUT2D eigenvalue weighted by molar-refractivity contribution is 9.10. The van der Waals surface area contributed by atoms with Crippen molar-refractivity contribution in [3.63, 3.8) is 0 Å². The smallest absolute Gasteiger partial charge is 0.225 e. The first-order valence-electron chi connectivity index (χ1n) is 4.12. The van der Waals surface area contributed by atoms with E-state index < -0.39 is 0 Å². The number of nitrogens with one attached hydrogen (secondary N) is 1. The molecule has 3 nitrogen and oxygen atoms in total. The standard InChI is InChI=1S/C9H10Br2N2O/c1-6-7(2-3-8(11)12-6)13-9(14)4-5-10/h2-3H,4-5H2,1H3,(H,13,14). The Morgan fingerprint density at radius 3 is 2.86 bits per heavy atom. The minimum atomic E-state index is -0.00547. The molecule has 1 aromatic rings. The lowest BCUT2D eigenvalue weighted by atomic mass is 10.3. The van der Waals surface area contributed by atoms with Crippen molar-refractivity contribution in [2.45, 2.75) is 13.3 Å². The normalized spacial score (nSPS) is 9.93. The number of alkyl halides is 1. The molecule has 0 saturated carbocycles. The minimum absolute atomic E-state index is 0.00547. The molecule has 0 aliphatic carbocycles. The van der Waals surface area contributed by atoms with Gasteiger partial charge in [-0.15, -0.1) is 0 Å². The zero-order chi connectivity index (χ0) is 10.6. The third-order valence-corrected chi connectivity index (χ3v) is 2.49. The van der Waals surface area contributed by atoms with Crippen LogP contribution < -0.4 is 5.32 Å². The van der Waals surface area contributed by atoms with Crippen LogP contribution in [0.3, 0.4) is 0 Å². The van der Waals surface area contributed by atoms with Gasteiger partial charge in [0, 0.05) is 11.8 Å². The molecule has 1 aromatic heterocycles. The number of hydrogen-bond acceptors (Lipinski definition) is 2. The van der Waals surface area contributed by atoms with Crippen molar-refractivity contribution >= 4 is 43.5 Å². The van der Waals surface area contributed by atoms with Crippen LogP contribution in [0.5, 0.6) is 0 Å². The van der Waals surface area contributed by atoms with Crippen molar-refractivity contribution in [3.05, 3.63) is 22.4 Å². The SMILES string of the molecule is Cc1nc(Br)ccc1NC(=O)CCBr. The number of aromatic nitrogens is 1. The summed E-state index contributed by atoms with van der Waals surface area (Å²) >= 11 is 6.47. The van der Waals surface area contributed by atoms with E-state index in [-0.39, 0.29) is 5.91 Å². The van der Waals surface area contributed by atoms with Crippen molar-refractivity contribution in [1.29, 1.82) is 0 Å². The summed E-state index contributed by atoms with van der Waals surface area (Å²) in [5.74, 6) is -0.00547. The van der Waals surface area contributed by atoms with Gasteiger partial charge in [0.05, 0.1) is 11.4 Å². The van der Waals surface area contributed by atoms with Crippen LogP contribution >= 0.6 is 31.9 Å². The van der Waals surface area contributed by atoms with E-state index in [2.05, 4.69) is 42.2 Å². The van der Waals surface area contributed by atoms with Gasteiger partial charge >= 0.3 is 0 Å². The minimum Gasteiger partial charge on any atom is -0.324 e. The first-order chi connectivity index (χ1) is 6.63. The van der Waals surface area contributed by atoms with Gasteiger partial charge in [-0.05, 0) is 35.0 Å². The zero-order valence-corrected chi connectivity index (χ0v) is 10.9. The average molecular weight is 322 g/mol. The molecular weight excluding hydrogens is 312 g/mol. The fourth-order valence-electron chi connectivity index (χ4n) is 0.961. The first-order valence-corrected chi connectivity index (χ1v) is 6.04. The van der Waals surface area contributed by atoms with Crippen LogP contribution in [0.25, 0.3) is 0 Å². The first kappa shape index (κ1) is 11.7. The average Bonchev–Trinajstić information content (AvgIpc) is 2.10. The third kappa shape index (κ3) is 3.38. The number of carbonyl (C=O) groups is 1. The van der Waals surface area contributed by atoms with Gasteiger partial charge in [0.2, 0.25) is 5.91 Å². The second-order valence-electron chi connectivity index (χ2n) is 2.75. The molecule has 0 aliphatic heterocycles. The van der Waals surface area contributed by atoms with Gasteiger partial charge in [-0.25, -0.2) is 4.98 Å². The van der Waals surface area contributed by atoms with Crippen molar-refractivity contribution < 1.29 is 4.79 Å². The fraction of sp³-hybridized carbons (Fsp3) is 0.333. The van der Waals surface area contributed by atoms with Gasteiger partial charge in [-0.1, -0.05) is 15.9 Å². The Morgan fingerprint density at radius 1 is 1.57 bits per heavy atom. The molecule has 0 fully saturated rings. The van der Waals surface area contributed by atoms with Crippen LogP contribution in [0.1, 0.15) is 12.1 Å². The maximum Gasteiger partial charge on any atom is 0.225 e. The van der Waals surface area contributed by atoms with E-state index in [0.717, 1.165) is 16.0 Å². The monoisotopic (exact) mass is 320 g/mol. The van der Waals surface area contributed by atoms with Gasteiger partial charge in [0.1, 0.15) is 4.60 Å². The Hall–Kier alpha value is -0.420. The highest BCUT2D eigenvalue weighted by Gasteiger charge is 2.04. The molecule has 0 saturated heterocycles. The number of carbonyl (C=O) groups excluding carboxylic acids is 1. The topological polar surface area (TPSA) is 42.0 Å².